The number of ether oxygens (including phenoxy) is 1. The molecule has 3 heteroatoms. The lowest BCUT2D eigenvalue weighted by Gasteiger charge is -2.19. The highest BCUT2D eigenvalue weighted by atomic mass is 16.5. The molecule has 2 aromatic rings. The minimum absolute atomic E-state index is 0.681. The Morgan fingerprint density at radius 3 is 2.67 bits per heavy atom. The third kappa shape index (κ3) is 4.93. The number of nitrogens with zero attached hydrogens (tertiary/aromatic N) is 1. The molecule has 3 rings (SSSR count). The van der Waals surface area contributed by atoms with Gasteiger partial charge in [0.25, 0.3) is 0 Å². The smallest absolute Gasteiger partial charge is 0.150 e. The van der Waals surface area contributed by atoms with Crippen molar-refractivity contribution in [2.24, 2.45) is 0 Å². The van der Waals surface area contributed by atoms with Gasteiger partial charge >= 0.3 is 0 Å². The van der Waals surface area contributed by atoms with Crippen LogP contribution >= 0.6 is 0 Å². The molecule has 0 saturated carbocycles. The summed E-state index contributed by atoms with van der Waals surface area (Å²) in [5.41, 5.74) is 4.55. The zero-order valence-electron chi connectivity index (χ0n) is 14.7. The number of benzene rings is 2. The van der Waals surface area contributed by atoms with Crippen molar-refractivity contribution in [2.75, 3.05) is 24.6 Å². The summed E-state index contributed by atoms with van der Waals surface area (Å²) in [6.45, 7) is 7.49. The zero-order valence-corrected chi connectivity index (χ0v) is 14.7. The first-order valence-corrected chi connectivity index (χ1v) is 8.81. The van der Waals surface area contributed by atoms with Crippen molar-refractivity contribution in [3.05, 3.63) is 65.2 Å². The zero-order chi connectivity index (χ0) is 17.2. The van der Waals surface area contributed by atoms with E-state index >= 15 is 0 Å². The Kier molecular flexibility index (Phi) is 7.50. The quantitative estimate of drug-likeness (QED) is 0.555. The number of anilines is 1. The first kappa shape index (κ1) is 18.2. The molecule has 24 heavy (non-hydrogen) atoms. The molecule has 1 heterocycles. The summed E-state index contributed by atoms with van der Waals surface area (Å²) in [6.07, 6.45) is 2.96. The van der Waals surface area contributed by atoms with Crippen molar-refractivity contribution < 1.29 is 9.53 Å². The summed E-state index contributed by atoms with van der Waals surface area (Å²) in [5.74, 6) is 0. The fraction of sp³-hybridized carbons (Fsp3) is 0.381. The number of rotatable bonds is 7. The lowest BCUT2D eigenvalue weighted by atomic mass is 10.1. The van der Waals surface area contributed by atoms with Crippen LogP contribution in [0.2, 0.25) is 0 Å². The molecule has 2 aromatic carbocycles. The molecule has 128 valence electrons. The monoisotopic (exact) mass is 325 g/mol. The lowest BCUT2D eigenvalue weighted by molar-refractivity contribution is 0.112. The summed E-state index contributed by atoms with van der Waals surface area (Å²) in [6, 6.07) is 16.2. The first-order valence-electron chi connectivity index (χ1n) is 8.81. The predicted octanol–water partition coefficient (Wildman–Crippen LogP) is 4.49. The van der Waals surface area contributed by atoms with Gasteiger partial charge in [0.05, 0.1) is 6.61 Å². The van der Waals surface area contributed by atoms with Gasteiger partial charge < -0.3 is 9.64 Å². The highest BCUT2D eigenvalue weighted by molar-refractivity contribution is 5.77. The second-order valence-electron chi connectivity index (χ2n) is 5.63. The van der Waals surface area contributed by atoms with E-state index in [4.69, 9.17) is 4.74 Å². The molecule has 0 amide bonds. The van der Waals surface area contributed by atoms with Crippen molar-refractivity contribution in [3.8, 4) is 0 Å². The number of fused-ring (bicyclic) bond motifs is 1. The van der Waals surface area contributed by atoms with E-state index in [1.165, 1.54) is 16.8 Å². The minimum Gasteiger partial charge on any atom is -0.377 e. The van der Waals surface area contributed by atoms with Gasteiger partial charge in [-0.05, 0) is 42.2 Å². The van der Waals surface area contributed by atoms with E-state index in [0.717, 1.165) is 44.4 Å². The van der Waals surface area contributed by atoms with Gasteiger partial charge in [-0.15, -0.1) is 0 Å². The maximum Gasteiger partial charge on any atom is 0.150 e. The predicted molar refractivity (Wildman–Crippen MR) is 99.8 cm³/mol. The Morgan fingerprint density at radius 2 is 1.92 bits per heavy atom. The van der Waals surface area contributed by atoms with Crippen LogP contribution in [0.3, 0.4) is 0 Å². The topological polar surface area (TPSA) is 29.5 Å². The van der Waals surface area contributed by atoms with E-state index in [2.05, 4.69) is 23.1 Å². The summed E-state index contributed by atoms with van der Waals surface area (Å²) in [7, 11) is 0. The Bertz CT molecular complexity index is 625. The molecule has 1 aliphatic heterocycles. The lowest BCUT2D eigenvalue weighted by Crippen LogP contribution is -2.22. The normalized spacial score (nSPS) is 12.3. The number of hydrogen-bond donors (Lipinski definition) is 0. The summed E-state index contributed by atoms with van der Waals surface area (Å²) in [4.78, 5) is 13.2. The number of carbonyl (C=O) groups excluding carboxylic acids is 1. The van der Waals surface area contributed by atoms with Crippen molar-refractivity contribution in [1.29, 1.82) is 0 Å². The number of hydrogen-bond acceptors (Lipinski definition) is 3. The fourth-order valence-corrected chi connectivity index (χ4v) is 2.92. The van der Waals surface area contributed by atoms with Gasteiger partial charge in [0.2, 0.25) is 0 Å². The second-order valence-corrected chi connectivity index (χ2v) is 5.63. The molecule has 0 N–H and O–H groups in total. The van der Waals surface area contributed by atoms with E-state index in [1.54, 1.807) is 0 Å². The van der Waals surface area contributed by atoms with Crippen LogP contribution < -0.4 is 4.90 Å². The Balaban J connectivity index is 0.00000100. The average molecular weight is 325 g/mol. The molecule has 0 aliphatic carbocycles. The van der Waals surface area contributed by atoms with Gasteiger partial charge in [0.15, 0.2) is 0 Å². The molecule has 3 nitrogen and oxygen atoms in total. The minimum atomic E-state index is 0.681. The third-order valence-corrected chi connectivity index (χ3v) is 4.06. The molecule has 0 unspecified atom stereocenters. The maximum absolute atomic E-state index is 10.8. The number of carbonyl (C=O) groups is 1. The highest BCUT2D eigenvalue weighted by Crippen LogP contribution is 2.28. The molecule has 1 aliphatic rings. The van der Waals surface area contributed by atoms with Crippen LogP contribution in [0, 0.1) is 0 Å². The molecule has 0 atom stereocenters. The molecular formula is C21H27NO2. The van der Waals surface area contributed by atoms with Gasteiger partial charge in [-0.3, -0.25) is 4.79 Å². The summed E-state index contributed by atoms with van der Waals surface area (Å²) >= 11 is 0. The average Bonchev–Trinajstić information content (AvgIpc) is 3.06. The maximum atomic E-state index is 10.8. The van der Waals surface area contributed by atoms with Crippen molar-refractivity contribution >= 4 is 12.0 Å². The molecule has 0 aromatic heterocycles. The van der Waals surface area contributed by atoms with Gasteiger partial charge in [-0.1, -0.05) is 44.2 Å². The van der Waals surface area contributed by atoms with Crippen LogP contribution in [-0.4, -0.2) is 26.0 Å². The highest BCUT2D eigenvalue weighted by Gasteiger charge is 2.18. The summed E-state index contributed by atoms with van der Waals surface area (Å²) < 4.78 is 5.73. The van der Waals surface area contributed by atoms with Crippen LogP contribution in [0.5, 0.6) is 0 Å². The third-order valence-electron chi connectivity index (χ3n) is 4.06. The van der Waals surface area contributed by atoms with Crippen molar-refractivity contribution in [1.82, 2.24) is 0 Å². The van der Waals surface area contributed by atoms with Gasteiger partial charge in [0.1, 0.15) is 6.29 Å². The van der Waals surface area contributed by atoms with E-state index in [1.807, 2.05) is 44.2 Å². The van der Waals surface area contributed by atoms with Gasteiger partial charge in [0, 0.05) is 30.9 Å². The molecular weight excluding hydrogens is 298 g/mol. The Hall–Kier alpha value is -2.13. The Labute approximate surface area is 145 Å². The SMILES string of the molecule is CC.O=Cc1ccc2c(c1)CCN2CCCOCc1ccccc1. The van der Waals surface area contributed by atoms with E-state index in [0.29, 0.717) is 6.61 Å². The fourth-order valence-electron chi connectivity index (χ4n) is 2.92. The second kappa shape index (κ2) is 9.89. The first-order chi connectivity index (χ1) is 11.9. The Morgan fingerprint density at radius 1 is 1.12 bits per heavy atom. The van der Waals surface area contributed by atoms with E-state index < -0.39 is 0 Å². The van der Waals surface area contributed by atoms with Crippen molar-refractivity contribution in [2.45, 2.75) is 33.3 Å². The molecule has 0 radical (unpaired) electrons. The summed E-state index contributed by atoms with van der Waals surface area (Å²) in [5, 5.41) is 0. The van der Waals surface area contributed by atoms with Crippen LogP contribution in [0.1, 0.15) is 41.8 Å². The van der Waals surface area contributed by atoms with Gasteiger partial charge in [-0.25, -0.2) is 0 Å². The van der Waals surface area contributed by atoms with E-state index in [9.17, 15) is 4.79 Å². The van der Waals surface area contributed by atoms with Crippen molar-refractivity contribution in [3.63, 3.8) is 0 Å². The van der Waals surface area contributed by atoms with E-state index in [-0.39, 0.29) is 0 Å². The molecule has 0 spiro atoms. The molecule has 0 bridgehead atoms. The molecule has 0 fully saturated rings. The molecule has 0 saturated heterocycles. The largest absolute Gasteiger partial charge is 0.377 e. The van der Waals surface area contributed by atoms with Crippen LogP contribution in [0.15, 0.2) is 48.5 Å². The number of aldehydes is 1. The van der Waals surface area contributed by atoms with Crippen LogP contribution in [0.4, 0.5) is 5.69 Å². The van der Waals surface area contributed by atoms with Gasteiger partial charge in [-0.2, -0.15) is 0 Å². The standard InChI is InChI=1S/C19H21NO2.C2H6/c21-14-17-7-8-19-18(13-17)9-11-20(19)10-4-12-22-15-16-5-2-1-3-6-16;1-2/h1-3,5-8,13-14H,4,9-12,15H2;1-2H3. The van der Waals surface area contributed by atoms with Crippen LogP contribution in [0.25, 0.3) is 0 Å². The van der Waals surface area contributed by atoms with Crippen LogP contribution in [-0.2, 0) is 17.8 Å².